The van der Waals surface area contributed by atoms with Gasteiger partial charge in [0, 0.05) is 26.3 Å². The number of hydrogen-bond acceptors (Lipinski definition) is 4. The molecule has 0 unspecified atom stereocenters. The van der Waals surface area contributed by atoms with Gasteiger partial charge in [-0.25, -0.2) is 4.39 Å². The molecule has 0 radical (unpaired) electrons. The van der Waals surface area contributed by atoms with E-state index in [2.05, 4.69) is 4.90 Å². The number of pyridine rings is 1. The van der Waals surface area contributed by atoms with Crippen molar-refractivity contribution in [1.29, 1.82) is 0 Å². The maximum Gasteiger partial charge on any atom is 0.263 e. The normalized spacial score (nSPS) is 14.8. The quantitative estimate of drug-likeness (QED) is 0.595. The fourth-order valence-electron chi connectivity index (χ4n) is 4.38. The number of hydrogen-bond donors (Lipinski definition) is 1. The van der Waals surface area contributed by atoms with Crippen molar-refractivity contribution < 1.29 is 14.0 Å². The van der Waals surface area contributed by atoms with Crippen molar-refractivity contribution in [3.8, 4) is 0 Å². The lowest BCUT2D eigenvalue weighted by Crippen LogP contribution is -2.35. The van der Waals surface area contributed by atoms with E-state index in [1.54, 1.807) is 11.9 Å². The summed E-state index contributed by atoms with van der Waals surface area (Å²) >= 11 is 0. The Morgan fingerprint density at radius 1 is 1.18 bits per heavy atom. The van der Waals surface area contributed by atoms with Crippen LogP contribution in [0.2, 0.25) is 0 Å². The molecular formula is C25H33FN4O3. The van der Waals surface area contributed by atoms with Gasteiger partial charge in [0.05, 0.1) is 12.1 Å². The number of nitrogens with zero attached hydrogens (tertiary/aromatic N) is 3. The number of carbonyl (C=O) groups is 2. The van der Waals surface area contributed by atoms with Crippen molar-refractivity contribution in [2.24, 2.45) is 11.7 Å². The van der Waals surface area contributed by atoms with Gasteiger partial charge in [0.1, 0.15) is 12.2 Å². The van der Waals surface area contributed by atoms with Crippen molar-refractivity contribution in [3.63, 3.8) is 0 Å². The van der Waals surface area contributed by atoms with Crippen LogP contribution in [-0.2, 0) is 6.54 Å². The van der Waals surface area contributed by atoms with Gasteiger partial charge in [-0.05, 0) is 56.3 Å². The van der Waals surface area contributed by atoms with Crippen molar-refractivity contribution >= 4 is 11.8 Å². The number of carbonyl (C=O) groups excluding carboxylic acids is 2. The molecule has 0 spiro atoms. The van der Waals surface area contributed by atoms with E-state index >= 15 is 0 Å². The average Bonchev–Trinajstić information content (AvgIpc) is 2.81. The summed E-state index contributed by atoms with van der Waals surface area (Å²) < 4.78 is 13.8. The minimum Gasteiger partial charge on any atom is -0.365 e. The lowest BCUT2D eigenvalue weighted by atomic mass is 9.92. The predicted octanol–water partition coefficient (Wildman–Crippen LogP) is 2.53. The van der Waals surface area contributed by atoms with Gasteiger partial charge in [0.25, 0.3) is 17.4 Å². The number of halogens is 1. The largest absolute Gasteiger partial charge is 0.365 e. The van der Waals surface area contributed by atoms with E-state index in [9.17, 15) is 18.8 Å². The molecule has 0 saturated carbocycles. The maximum atomic E-state index is 13.0. The zero-order valence-electron chi connectivity index (χ0n) is 19.2. The number of amides is 2. The summed E-state index contributed by atoms with van der Waals surface area (Å²) in [7, 11) is 1.72. The summed E-state index contributed by atoms with van der Waals surface area (Å²) in [4.78, 5) is 41.4. The van der Waals surface area contributed by atoms with E-state index in [1.165, 1.54) is 16.8 Å². The Balaban J connectivity index is 1.63. The number of alkyl halides is 1. The molecule has 0 bridgehead atoms. The van der Waals surface area contributed by atoms with E-state index in [0.717, 1.165) is 44.3 Å². The summed E-state index contributed by atoms with van der Waals surface area (Å²) in [6.45, 7) is 2.90. The third-order valence-electron chi connectivity index (χ3n) is 6.35. The third kappa shape index (κ3) is 6.74. The first kappa shape index (κ1) is 24.6. The van der Waals surface area contributed by atoms with Gasteiger partial charge in [0.2, 0.25) is 0 Å². The van der Waals surface area contributed by atoms with Crippen LogP contribution >= 0.6 is 0 Å². The first-order chi connectivity index (χ1) is 15.9. The Bertz CT molecular complexity index is 1000. The summed E-state index contributed by atoms with van der Waals surface area (Å²) in [6, 6.07) is 10.7. The maximum absolute atomic E-state index is 13.0. The number of likely N-dealkylation sites (tertiary alicyclic amines) is 1. The van der Waals surface area contributed by atoms with Gasteiger partial charge in [-0.15, -0.1) is 0 Å². The zero-order valence-corrected chi connectivity index (χ0v) is 19.2. The van der Waals surface area contributed by atoms with Crippen LogP contribution in [-0.4, -0.2) is 66.1 Å². The van der Waals surface area contributed by atoms with E-state index in [-0.39, 0.29) is 30.3 Å². The number of primary amides is 1. The number of aromatic nitrogens is 1. The fraction of sp³-hybridized carbons (Fsp3) is 0.480. The molecule has 2 N–H and O–H groups in total. The minimum absolute atomic E-state index is 0.190. The molecule has 1 fully saturated rings. The lowest BCUT2D eigenvalue weighted by Gasteiger charge is -2.31. The topological polar surface area (TPSA) is 88.6 Å². The van der Waals surface area contributed by atoms with Gasteiger partial charge in [-0.1, -0.05) is 30.3 Å². The average molecular weight is 457 g/mol. The molecule has 0 aliphatic carbocycles. The Kier molecular flexibility index (Phi) is 8.77. The highest BCUT2D eigenvalue weighted by atomic mass is 19.1. The van der Waals surface area contributed by atoms with Crippen LogP contribution in [0.3, 0.4) is 0 Å². The predicted molar refractivity (Wildman–Crippen MR) is 126 cm³/mol. The third-order valence-corrected chi connectivity index (χ3v) is 6.35. The molecule has 1 aromatic heterocycles. The molecule has 1 aromatic carbocycles. The number of rotatable bonds is 10. The summed E-state index contributed by atoms with van der Waals surface area (Å²) in [5.41, 5.74) is 5.86. The second-order valence-electron chi connectivity index (χ2n) is 8.77. The molecule has 1 aliphatic rings. The molecule has 2 amide bonds. The van der Waals surface area contributed by atoms with Crippen molar-refractivity contribution in [3.05, 3.63) is 69.6 Å². The highest BCUT2D eigenvalue weighted by molar-refractivity contribution is 5.98. The number of benzene rings is 1. The summed E-state index contributed by atoms with van der Waals surface area (Å²) in [5.74, 6) is -0.506. The molecule has 0 atom stereocenters. The van der Waals surface area contributed by atoms with Gasteiger partial charge in [-0.3, -0.25) is 14.4 Å². The summed E-state index contributed by atoms with van der Waals surface area (Å²) in [6.07, 6.45) is 5.50. The first-order valence-electron chi connectivity index (χ1n) is 11.5. The molecule has 3 rings (SSSR count). The van der Waals surface area contributed by atoms with Crippen LogP contribution in [0.15, 0.2) is 47.4 Å². The molecule has 33 heavy (non-hydrogen) atoms. The Labute approximate surface area is 194 Å². The second-order valence-corrected chi connectivity index (χ2v) is 8.77. The van der Waals surface area contributed by atoms with E-state index in [1.807, 2.05) is 30.3 Å². The Hall–Kier alpha value is -3.00. The van der Waals surface area contributed by atoms with Crippen LogP contribution < -0.4 is 11.3 Å². The van der Waals surface area contributed by atoms with Crippen LogP contribution in [0.4, 0.5) is 4.39 Å². The SMILES string of the molecule is CN(CCCC1CCN(CCF)CC1)C(=O)c1cc(C(N)=O)c(=O)n(Cc2ccccc2)c1. The number of piperidine rings is 1. The van der Waals surface area contributed by atoms with Crippen LogP contribution in [0.1, 0.15) is 52.0 Å². The molecule has 2 aromatic rings. The molecule has 178 valence electrons. The standard InChI is InChI=1S/C25H33FN4O3/c1-28(12-5-8-19-9-13-29(14-10-19)15-11-26)24(32)21-16-22(23(27)31)25(33)30(18-21)17-20-6-3-2-4-7-20/h2-4,6-7,16,18-19H,5,8-15,17H2,1H3,(H2,27,31). The lowest BCUT2D eigenvalue weighted by molar-refractivity contribution is 0.0787. The Morgan fingerprint density at radius 2 is 1.88 bits per heavy atom. The monoisotopic (exact) mass is 456 g/mol. The minimum atomic E-state index is -0.849. The van der Waals surface area contributed by atoms with Crippen LogP contribution in [0.25, 0.3) is 0 Å². The van der Waals surface area contributed by atoms with E-state index < -0.39 is 11.5 Å². The van der Waals surface area contributed by atoms with Gasteiger partial charge in [0.15, 0.2) is 0 Å². The molecular weight excluding hydrogens is 423 g/mol. The highest BCUT2D eigenvalue weighted by Crippen LogP contribution is 2.22. The van der Waals surface area contributed by atoms with Gasteiger partial charge in [-0.2, -0.15) is 0 Å². The van der Waals surface area contributed by atoms with Crippen molar-refractivity contribution in [2.45, 2.75) is 32.2 Å². The van der Waals surface area contributed by atoms with E-state index in [4.69, 9.17) is 5.73 Å². The zero-order chi connectivity index (χ0) is 23.8. The second kappa shape index (κ2) is 11.7. The van der Waals surface area contributed by atoms with Gasteiger partial charge >= 0.3 is 0 Å². The van der Waals surface area contributed by atoms with Gasteiger partial charge < -0.3 is 20.1 Å². The van der Waals surface area contributed by atoms with Crippen LogP contribution in [0, 0.1) is 5.92 Å². The summed E-state index contributed by atoms with van der Waals surface area (Å²) in [5, 5.41) is 0. The first-order valence-corrected chi connectivity index (χ1v) is 11.5. The molecule has 8 heteroatoms. The number of nitrogens with two attached hydrogens (primary N) is 1. The van der Waals surface area contributed by atoms with Crippen molar-refractivity contribution in [2.75, 3.05) is 39.9 Å². The smallest absolute Gasteiger partial charge is 0.263 e. The van der Waals surface area contributed by atoms with E-state index in [0.29, 0.717) is 19.0 Å². The molecule has 1 aliphatic heterocycles. The Morgan fingerprint density at radius 3 is 2.52 bits per heavy atom. The molecule has 2 heterocycles. The van der Waals surface area contributed by atoms with Crippen molar-refractivity contribution in [1.82, 2.24) is 14.4 Å². The van der Waals surface area contributed by atoms with Crippen LogP contribution in [0.5, 0.6) is 0 Å². The molecule has 7 nitrogen and oxygen atoms in total. The molecule has 1 saturated heterocycles. The fourth-order valence-corrected chi connectivity index (χ4v) is 4.38. The highest BCUT2D eigenvalue weighted by Gasteiger charge is 2.21.